The molecule has 1 N–H and O–H groups in total. The largest absolute Gasteiger partial charge is 0.295 e. The predicted octanol–water partition coefficient (Wildman–Crippen LogP) is 1.73. The van der Waals surface area contributed by atoms with Crippen molar-refractivity contribution in [3.8, 4) is 11.3 Å². The summed E-state index contributed by atoms with van der Waals surface area (Å²) < 4.78 is 33.9. The van der Waals surface area contributed by atoms with Crippen molar-refractivity contribution in [2.75, 3.05) is 0 Å². The van der Waals surface area contributed by atoms with Gasteiger partial charge >= 0.3 is 0 Å². The van der Waals surface area contributed by atoms with Crippen LogP contribution in [0.3, 0.4) is 0 Å². The van der Waals surface area contributed by atoms with E-state index in [9.17, 15) is 13.0 Å². The van der Waals surface area contributed by atoms with Gasteiger partial charge in [-0.05, 0) is 25.1 Å². The molecule has 1 aromatic heterocycles. The van der Waals surface area contributed by atoms with E-state index in [2.05, 4.69) is 0 Å². The van der Waals surface area contributed by atoms with Crippen LogP contribution in [0.5, 0.6) is 0 Å². The van der Waals surface area contributed by atoms with Crippen LogP contribution in [0, 0.1) is 6.92 Å². The Morgan fingerprint density at radius 1 is 1.17 bits per heavy atom. The molecular weight excluding hydrogens is 250 g/mol. The Morgan fingerprint density at radius 3 is 2.50 bits per heavy atom. The van der Waals surface area contributed by atoms with Crippen LogP contribution in [0.15, 0.2) is 47.5 Å². The van der Waals surface area contributed by atoms with Crippen molar-refractivity contribution in [2.24, 2.45) is 7.05 Å². The van der Waals surface area contributed by atoms with E-state index in [1.54, 1.807) is 12.1 Å². The zero-order valence-electron chi connectivity index (χ0n) is 10.2. The maximum Gasteiger partial charge on any atom is 0.295 e. The summed E-state index contributed by atoms with van der Waals surface area (Å²) in [6.07, 6.45) is 1.82. The standard InChI is InChI=1S/C13H13NO3S/c1-10-6-7-13(18(15,16)17)11(9-10)12-5-3-4-8-14(12)2/h3-9H,1-2H3/p+1. The minimum Gasteiger partial charge on any atom is -0.282 e. The van der Waals surface area contributed by atoms with Gasteiger partial charge in [0, 0.05) is 12.1 Å². The van der Waals surface area contributed by atoms with Crippen LogP contribution >= 0.6 is 0 Å². The molecule has 0 unspecified atom stereocenters. The first-order valence-corrected chi connectivity index (χ1v) is 6.87. The second kappa shape index (κ2) is 4.51. The summed E-state index contributed by atoms with van der Waals surface area (Å²) in [5.41, 5.74) is 2.16. The topological polar surface area (TPSA) is 58.3 Å². The number of aryl methyl sites for hydroxylation is 2. The fourth-order valence-corrected chi connectivity index (χ4v) is 2.55. The molecule has 0 fully saturated rings. The third kappa shape index (κ3) is 2.42. The van der Waals surface area contributed by atoms with E-state index in [1.165, 1.54) is 6.07 Å². The third-order valence-electron chi connectivity index (χ3n) is 2.74. The number of benzene rings is 1. The van der Waals surface area contributed by atoms with Gasteiger partial charge in [0.2, 0.25) is 5.69 Å². The molecule has 0 bridgehead atoms. The number of hydrogen-bond donors (Lipinski definition) is 1. The van der Waals surface area contributed by atoms with Gasteiger partial charge in [-0.1, -0.05) is 11.6 Å². The fourth-order valence-electron chi connectivity index (χ4n) is 1.87. The van der Waals surface area contributed by atoms with Crippen LogP contribution in [0.25, 0.3) is 11.3 Å². The monoisotopic (exact) mass is 264 g/mol. The Morgan fingerprint density at radius 2 is 1.89 bits per heavy atom. The lowest BCUT2D eigenvalue weighted by Crippen LogP contribution is -2.30. The van der Waals surface area contributed by atoms with Crippen molar-refractivity contribution in [3.05, 3.63) is 48.2 Å². The molecule has 0 saturated heterocycles. The molecule has 0 atom stereocenters. The van der Waals surface area contributed by atoms with Gasteiger partial charge in [0.05, 0.1) is 5.56 Å². The highest BCUT2D eigenvalue weighted by molar-refractivity contribution is 7.86. The van der Waals surface area contributed by atoms with E-state index >= 15 is 0 Å². The molecule has 2 rings (SSSR count). The van der Waals surface area contributed by atoms with Crippen LogP contribution in [-0.4, -0.2) is 13.0 Å². The molecule has 4 nitrogen and oxygen atoms in total. The lowest BCUT2D eigenvalue weighted by Gasteiger charge is -2.06. The minimum atomic E-state index is -4.23. The van der Waals surface area contributed by atoms with E-state index in [1.807, 2.05) is 42.9 Å². The summed E-state index contributed by atoms with van der Waals surface area (Å²) in [5, 5.41) is 0. The SMILES string of the molecule is Cc1ccc(S(=O)(=O)O)c(-c2cccc[n+]2C)c1. The van der Waals surface area contributed by atoms with Gasteiger partial charge in [0.1, 0.15) is 11.9 Å². The molecule has 0 radical (unpaired) electrons. The molecule has 94 valence electrons. The van der Waals surface area contributed by atoms with E-state index in [-0.39, 0.29) is 4.90 Å². The first kappa shape index (κ1) is 12.7. The molecule has 0 aliphatic rings. The lowest BCUT2D eigenvalue weighted by atomic mass is 10.1. The van der Waals surface area contributed by atoms with Crippen molar-refractivity contribution >= 4 is 10.1 Å². The Balaban J connectivity index is 2.79. The molecule has 0 spiro atoms. The molecule has 2 aromatic rings. The molecule has 5 heteroatoms. The molecular formula is C13H14NO3S+. The minimum absolute atomic E-state index is 0.0742. The normalized spacial score (nSPS) is 11.5. The van der Waals surface area contributed by atoms with Crippen molar-refractivity contribution in [1.82, 2.24) is 0 Å². The van der Waals surface area contributed by atoms with Crippen LogP contribution in [-0.2, 0) is 17.2 Å². The van der Waals surface area contributed by atoms with E-state index < -0.39 is 10.1 Å². The highest BCUT2D eigenvalue weighted by atomic mass is 32.2. The van der Waals surface area contributed by atoms with Gasteiger partial charge in [0.15, 0.2) is 6.20 Å². The average Bonchev–Trinajstić information content (AvgIpc) is 2.27. The first-order valence-electron chi connectivity index (χ1n) is 5.43. The second-order valence-electron chi connectivity index (χ2n) is 4.17. The molecule has 18 heavy (non-hydrogen) atoms. The number of pyridine rings is 1. The smallest absolute Gasteiger partial charge is 0.282 e. The number of rotatable bonds is 2. The Hall–Kier alpha value is -1.72. The quantitative estimate of drug-likeness (QED) is 0.664. The second-order valence-corrected chi connectivity index (χ2v) is 5.56. The van der Waals surface area contributed by atoms with Crippen LogP contribution in [0.4, 0.5) is 0 Å². The summed E-state index contributed by atoms with van der Waals surface area (Å²) in [7, 11) is -2.40. The van der Waals surface area contributed by atoms with Crippen LogP contribution < -0.4 is 4.57 Å². The molecule has 0 aliphatic heterocycles. The fraction of sp³-hybridized carbons (Fsp3) is 0.154. The zero-order valence-corrected chi connectivity index (χ0v) is 11.0. The van der Waals surface area contributed by atoms with Crippen molar-refractivity contribution < 1.29 is 17.5 Å². The van der Waals surface area contributed by atoms with Gasteiger partial charge in [-0.15, -0.1) is 0 Å². The van der Waals surface area contributed by atoms with Gasteiger partial charge in [-0.3, -0.25) is 4.55 Å². The molecule has 0 aliphatic carbocycles. The molecule has 0 amide bonds. The highest BCUT2D eigenvalue weighted by Crippen LogP contribution is 2.25. The summed E-state index contributed by atoms with van der Waals surface area (Å²) in [4.78, 5) is -0.0742. The summed E-state index contributed by atoms with van der Waals surface area (Å²) in [6.45, 7) is 1.88. The average molecular weight is 264 g/mol. The first-order chi connectivity index (χ1) is 8.39. The Kier molecular flexibility index (Phi) is 3.19. The van der Waals surface area contributed by atoms with Gasteiger partial charge in [0.25, 0.3) is 10.1 Å². The summed E-state index contributed by atoms with van der Waals surface area (Å²) >= 11 is 0. The Bertz CT molecular complexity index is 693. The lowest BCUT2D eigenvalue weighted by molar-refractivity contribution is -0.660. The summed E-state index contributed by atoms with van der Waals surface area (Å²) in [6, 6.07) is 10.3. The van der Waals surface area contributed by atoms with E-state index in [0.717, 1.165) is 11.3 Å². The number of aromatic nitrogens is 1. The summed E-state index contributed by atoms with van der Waals surface area (Å²) in [5.74, 6) is 0. The van der Waals surface area contributed by atoms with E-state index in [4.69, 9.17) is 0 Å². The van der Waals surface area contributed by atoms with Gasteiger partial charge in [-0.2, -0.15) is 8.42 Å². The number of nitrogens with zero attached hydrogens (tertiary/aromatic N) is 1. The Labute approximate surface area is 106 Å². The maximum atomic E-state index is 11.4. The highest BCUT2D eigenvalue weighted by Gasteiger charge is 2.21. The molecule has 1 heterocycles. The van der Waals surface area contributed by atoms with E-state index in [0.29, 0.717) is 5.56 Å². The van der Waals surface area contributed by atoms with Gasteiger partial charge < -0.3 is 0 Å². The number of hydrogen-bond acceptors (Lipinski definition) is 2. The van der Waals surface area contributed by atoms with Crippen LogP contribution in [0.2, 0.25) is 0 Å². The molecule has 1 aromatic carbocycles. The molecule has 0 saturated carbocycles. The van der Waals surface area contributed by atoms with Gasteiger partial charge in [-0.25, -0.2) is 4.57 Å². The van der Waals surface area contributed by atoms with Crippen molar-refractivity contribution in [2.45, 2.75) is 11.8 Å². The van der Waals surface area contributed by atoms with Crippen molar-refractivity contribution in [1.29, 1.82) is 0 Å². The maximum absolute atomic E-state index is 11.4. The van der Waals surface area contributed by atoms with Crippen molar-refractivity contribution in [3.63, 3.8) is 0 Å². The third-order valence-corrected chi connectivity index (χ3v) is 3.66. The predicted molar refractivity (Wildman–Crippen MR) is 67.6 cm³/mol. The zero-order chi connectivity index (χ0) is 13.3. The van der Waals surface area contributed by atoms with Crippen LogP contribution in [0.1, 0.15) is 5.56 Å².